The molecule has 1 aromatic carbocycles. The van der Waals surface area contributed by atoms with Crippen LogP contribution in [0.25, 0.3) is 0 Å². The van der Waals surface area contributed by atoms with Crippen molar-refractivity contribution in [2.75, 3.05) is 12.3 Å². The van der Waals surface area contributed by atoms with Gasteiger partial charge in [-0.3, -0.25) is 24.2 Å². The van der Waals surface area contributed by atoms with E-state index in [4.69, 9.17) is 4.99 Å². The highest BCUT2D eigenvalue weighted by atomic mass is 32.2. The van der Waals surface area contributed by atoms with Gasteiger partial charge in [-0.1, -0.05) is 49.2 Å². The summed E-state index contributed by atoms with van der Waals surface area (Å²) >= 11 is 1.59. The number of carbonyl (C=O) groups is 3. The molecule has 2 aliphatic heterocycles. The summed E-state index contributed by atoms with van der Waals surface area (Å²) in [5.74, 6) is 0.283. The Kier molecular flexibility index (Phi) is 6.27. The first-order chi connectivity index (χ1) is 14.5. The summed E-state index contributed by atoms with van der Waals surface area (Å²) in [6.45, 7) is 4.28. The van der Waals surface area contributed by atoms with E-state index in [2.05, 4.69) is 6.92 Å². The van der Waals surface area contributed by atoms with Crippen molar-refractivity contribution in [3.05, 3.63) is 29.8 Å². The van der Waals surface area contributed by atoms with Crippen molar-refractivity contribution in [2.24, 2.45) is 16.8 Å². The molecular weight excluding hydrogens is 398 g/mol. The van der Waals surface area contributed by atoms with Gasteiger partial charge in [-0.15, -0.1) is 0 Å². The van der Waals surface area contributed by atoms with E-state index in [1.54, 1.807) is 16.7 Å². The number of hydrogen-bond donors (Lipinski definition) is 0. The predicted octanol–water partition coefficient (Wildman–Crippen LogP) is 3.90. The van der Waals surface area contributed by atoms with Crippen LogP contribution >= 0.6 is 11.8 Å². The second-order valence-electron chi connectivity index (χ2n) is 8.44. The summed E-state index contributed by atoms with van der Waals surface area (Å²) in [5, 5.41) is 0.712. The van der Waals surface area contributed by atoms with Crippen LogP contribution in [0, 0.1) is 18.8 Å². The van der Waals surface area contributed by atoms with E-state index in [1.165, 1.54) is 4.90 Å². The van der Waals surface area contributed by atoms with Crippen LogP contribution in [-0.4, -0.2) is 51.0 Å². The standard InChI is InChI=1S/C23H29N3O3S/c1-3-17-14-30-23(24-16-10-8-15(2)9-11-16)26(17)20(27)12-13-25-21(28)18-6-4-5-7-19(18)22(25)29/h8-11,17-19H,3-7,12-14H2,1-2H3/t17-,18-,19-/m0/s1. The van der Waals surface area contributed by atoms with Crippen LogP contribution in [0.4, 0.5) is 5.69 Å². The summed E-state index contributed by atoms with van der Waals surface area (Å²) in [5.41, 5.74) is 1.99. The van der Waals surface area contributed by atoms with Crippen molar-refractivity contribution in [2.45, 2.75) is 58.4 Å². The largest absolute Gasteiger partial charge is 0.287 e. The topological polar surface area (TPSA) is 70.1 Å². The highest BCUT2D eigenvalue weighted by Gasteiger charge is 2.48. The van der Waals surface area contributed by atoms with Crippen molar-refractivity contribution < 1.29 is 14.4 Å². The zero-order valence-electron chi connectivity index (χ0n) is 17.7. The fraction of sp³-hybridized carbons (Fsp3) is 0.565. The zero-order chi connectivity index (χ0) is 21.3. The first kappa shape index (κ1) is 21.1. The number of benzene rings is 1. The number of likely N-dealkylation sites (tertiary alicyclic amines) is 1. The number of carbonyl (C=O) groups excluding carboxylic acids is 3. The van der Waals surface area contributed by atoms with Crippen molar-refractivity contribution in [1.82, 2.24) is 9.80 Å². The Morgan fingerprint density at radius 1 is 1.10 bits per heavy atom. The first-order valence-electron chi connectivity index (χ1n) is 10.9. The van der Waals surface area contributed by atoms with Gasteiger partial charge in [-0.25, -0.2) is 4.99 Å². The van der Waals surface area contributed by atoms with Gasteiger partial charge in [0.2, 0.25) is 17.7 Å². The number of hydrogen-bond acceptors (Lipinski definition) is 5. The van der Waals surface area contributed by atoms with Gasteiger partial charge in [0.05, 0.1) is 17.5 Å². The molecule has 7 heteroatoms. The Morgan fingerprint density at radius 2 is 1.73 bits per heavy atom. The average Bonchev–Trinajstić information content (AvgIpc) is 3.27. The third-order valence-corrected chi connectivity index (χ3v) is 7.55. The SMILES string of the molecule is CC[C@H]1CSC(=Nc2ccc(C)cc2)N1C(=O)CCN1C(=O)[C@H]2CCCC[C@@H]2C1=O. The van der Waals surface area contributed by atoms with E-state index in [1.807, 2.05) is 31.2 Å². The quantitative estimate of drug-likeness (QED) is 0.668. The molecule has 30 heavy (non-hydrogen) atoms. The predicted molar refractivity (Wildman–Crippen MR) is 118 cm³/mol. The van der Waals surface area contributed by atoms with Crippen molar-refractivity contribution >= 4 is 40.3 Å². The molecule has 0 N–H and O–H groups in total. The van der Waals surface area contributed by atoms with Gasteiger partial charge < -0.3 is 0 Å². The summed E-state index contributed by atoms with van der Waals surface area (Å²) in [7, 11) is 0. The molecule has 3 fully saturated rings. The highest BCUT2D eigenvalue weighted by molar-refractivity contribution is 8.14. The van der Waals surface area contributed by atoms with Crippen LogP contribution in [-0.2, 0) is 14.4 Å². The lowest BCUT2D eigenvalue weighted by molar-refractivity contribution is -0.140. The number of nitrogens with zero attached hydrogens (tertiary/aromatic N) is 3. The molecule has 160 valence electrons. The maximum Gasteiger partial charge on any atom is 0.233 e. The van der Waals surface area contributed by atoms with Gasteiger partial charge in [0.15, 0.2) is 5.17 Å². The summed E-state index contributed by atoms with van der Waals surface area (Å²) in [6, 6.07) is 8.01. The normalized spacial score (nSPS) is 27.8. The highest BCUT2D eigenvalue weighted by Crippen LogP contribution is 2.38. The molecule has 0 unspecified atom stereocenters. The fourth-order valence-corrected chi connectivity index (χ4v) is 5.96. The number of amides is 3. The number of fused-ring (bicyclic) bond motifs is 1. The second-order valence-corrected chi connectivity index (χ2v) is 9.43. The number of imide groups is 1. The molecule has 0 spiro atoms. The second kappa shape index (κ2) is 8.92. The van der Waals surface area contributed by atoms with E-state index < -0.39 is 0 Å². The van der Waals surface area contributed by atoms with Crippen LogP contribution in [0.2, 0.25) is 0 Å². The molecule has 0 bridgehead atoms. The minimum Gasteiger partial charge on any atom is -0.287 e. The molecule has 1 saturated carbocycles. The molecule has 2 saturated heterocycles. The molecule has 3 aliphatic rings. The summed E-state index contributed by atoms with van der Waals surface area (Å²) in [6.07, 6.45) is 4.61. The first-order valence-corrected chi connectivity index (χ1v) is 11.9. The lowest BCUT2D eigenvalue weighted by Gasteiger charge is -2.24. The minimum atomic E-state index is -0.161. The smallest absolute Gasteiger partial charge is 0.233 e. The molecule has 4 rings (SSSR count). The lowest BCUT2D eigenvalue weighted by Crippen LogP contribution is -2.41. The fourth-order valence-electron chi connectivity index (χ4n) is 4.68. The average molecular weight is 428 g/mol. The maximum atomic E-state index is 13.1. The van der Waals surface area contributed by atoms with Crippen molar-refractivity contribution in [3.8, 4) is 0 Å². The van der Waals surface area contributed by atoms with Crippen LogP contribution in [0.3, 0.4) is 0 Å². The van der Waals surface area contributed by atoms with Crippen LogP contribution < -0.4 is 0 Å². The number of thioether (sulfide) groups is 1. The van der Waals surface area contributed by atoms with Crippen LogP contribution in [0.5, 0.6) is 0 Å². The van der Waals surface area contributed by atoms with Crippen molar-refractivity contribution in [3.63, 3.8) is 0 Å². The molecular formula is C23H29N3O3S. The molecule has 1 aliphatic carbocycles. The van der Waals surface area contributed by atoms with Crippen molar-refractivity contribution in [1.29, 1.82) is 0 Å². The summed E-state index contributed by atoms with van der Waals surface area (Å²) in [4.78, 5) is 46.3. The maximum absolute atomic E-state index is 13.1. The molecule has 3 amide bonds. The van der Waals surface area contributed by atoms with E-state index in [0.29, 0.717) is 5.17 Å². The monoisotopic (exact) mass is 427 g/mol. The molecule has 6 nitrogen and oxygen atoms in total. The van der Waals surface area contributed by atoms with Crippen LogP contribution in [0.1, 0.15) is 51.0 Å². The molecule has 1 aromatic rings. The van der Waals surface area contributed by atoms with E-state index >= 15 is 0 Å². The number of aliphatic imine (C=N–C) groups is 1. The lowest BCUT2D eigenvalue weighted by atomic mass is 9.81. The zero-order valence-corrected chi connectivity index (χ0v) is 18.5. The van der Waals surface area contributed by atoms with Gasteiger partial charge in [-0.2, -0.15) is 0 Å². The van der Waals surface area contributed by atoms with Gasteiger partial charge in [0.25, 0.3) is 0 Å². The molecule has 0 aromatic heterocycles. The van der Waals surface area contributed by atoms with E-state index in [-0.39, 0.29) is 48.6 Å². The number of amidine groups is 1. The Hall–Kier alpha value is -2.15. The van der Waals surface area contributed by atoms with Gasteiger partial charge in [0.1, 0.15) is 0 Å². The summed E-state index contributed by atoms with van der Waals surface area (Å²) < 4.78 is 0. The van der Waals surface area contributed by atoms with Gasteiger partial charge in [-0.05, 0) is 38.3 Å². The third-order valence-electron chi connectivity index (χ3n) is 6.46. The molecule has 2 heterocycles. The molecule has 0 radical (unpaired) electrons. The van der Waals surface area contributed by atoms with Crippen LogP contribution in [0.15, 0.2) is 29.3 Å². The van der Waals surface area contributed by atoms with E-state index in [9.17, 15) is 14.4 Å². The van der Waals surface area contributed by atoms with E-state index in [0.717, 1.165) is 49.1 Å². The number of aryl methyl sites for hydroxylation is 1. The Bertz CT molecular complexity index is 843. The Morgan fingerprint density at radius 3 is 2.33 bits per heavy atom. The Balaban J connectivity index is 1.46. The van der Waals surface area contributed by atoms with Gasteiger partial charge in [0, 0.05) is 24.8 Å². The van der Waals surface area contributed by atoms with Gasteiger partial charge >= 0.3 is 0 Å². The Labute approximate surface area is 182 Å². The minimum absolute atomic E-state index is 0.0619. The third kappa shape index (κ3) is 4.04. The molecule has 3 atom stereocenters. The number of rotatable bonds is 5.